The minimum absolute atomic E-state index is 0.567. The molecule has 0 amide bonds. The highest BCUT2D eigenvalue weighted by Crippen LogP contribution is 2.15. The zero-order valence-electron chi connectivity index (χ0n) is 8.49. The standard InChI is InChI=1S/C10H17N3S/c1-2-11-10(14)13-12-8-9-6-4-3-5-7-9/h3-4,8-9H,2,5-7H2,1H3,(H2,11,13,14)/t9-/m0/s1. The van der Waals surface area contributed by atoms with E-state index in [1.54, 1.807) is 0 Å². The summed E-state index contributed by atoms with van der Waals surface area (Å²) in [6, 6.07) is 0. The first-order valence-corrected chi connectivity index (χ1v) is 5.45. The van der Waals surface area contributed by atoms with Crippen LogP contribution in [0.1, 0.15) is 26.2 Å². The molecule has 0 spiro atoms. The fourth-order valence-corrected chi connectivity index (χ4v) is 1.55. The molecule has 0 radical (unpaired) electrons. The molecule has 0 aromatic rings. The Morgan fingerprint density at radius 1 is 1.64 bits per heavy atom. The molecule has 1 aliphatic rings. The lowest BCUT2D eigenvalue weighted by molar-refractivity contribution is 0.624. The topological polar surface area (TPSA) is 36.4 Å². The number of nitrogens with one attached hydrogen (secondary N) is 2. The van der Waals surface area contributed by atoms with Crippen LogP contribution >= 0.6 is 12.2 Å². The maximum Gasteiger partial charge on any atom is 0.186 e. The molecule has 1 aliphatic carbocycles. The minimum Gasteiger partial charge on any atom is -0.362 e. The maximum atomic E-state index is 4.97. The second-order valence-electron chi connectivity index (χ2n) is 3.29. The summed E-state index contributed by atoms with van der Waals surface area (Å²) in [7, 11) is 0. The molecule has 1 atom stereocenters. The van der Waals surface area contributed by atoms with Crippen LogP contribution in [0.3, 0.4) is 0 Å². The van der Waals surface area contributed by atoms with E-state index >= 15 is 0 Å². The molecule has 0 heterocycles. The van der Waals surface area contributed by atoms with Gasteiger partial charge in [-0.1, -0.05) is 12.2 Å². The molecule has 0 aromatic heterocycles. The number of nitrogens with zero attached hydrogens (tertiary/aromatic N) is 1. The van der Waals surface area contributed by atoms with Gasteiger partial charge in [0, 0.05) is 12.8 Å². The van der Waals surface area contributed by atoms with Crippen molar-refractivity contribution in [2.75, 3.05) is 6.54 Å². The fourth-order valence-electron chi connectivity index (χ4n) is 1.35. The molecule has 2 N–H and O–H groups in total. The van der Waals surface area contributed by atoms with Crippen LogP contribution in [0.25, 0.3) is 0 Å². The van der Waals surface area contributed by atoms with E-state index in [4.69, 9.17) is 12.2 Å². The third kappa shape index (κ3) is 4.37. The van der Waals surface area contributed by atoms with Crippen molar-refractivity contribution in [2.24, 2.45) is 11.0 Å². The normalized spacial score (nSPS) is 21.1. The summed E-state index contributed by atoms with van der Waals surface area (Å²) in [5, 5.41) is 7.67. The summed E-state index contributed by atoms with van der Waals surface area (Å²) < 4.78 is 0. The summed E-state index contributed by atoms with van der Waals surface area (Å²) >= 11 is 4.97. The Bertz CT molecular complexity index is 236. The van der Waals surface area contributed by atoms with Crippen LogP contribution in [0.2, 0.25) is 0 Å². The van der Waals surface area contributed by atoms with Gasteiger partial charge in [0.25, 0.3) is 0 Å². The van der Waals surface area contributed by atoms with Crippen molar-refractivity contribution < 1.29 is 0 Å². The molecule has 1 rings (SSSR count). The van der Waals surface area contributed by atoms with Crippen LogP contribution in [-0.2, 0) is 0 Å². The van der Waals surface area contributed by atoms with Gasteiger partial charge in [-0.25, -0.2) is 0 Å². The van der Waals surface area contributed by atoms with Gasteiger partial charge in [-0.2, -0.15) is 5.10 Å². The summed E-state index contributed by atoms with van der Waals surface area (Å²) in [6.45, 7) is 2.83. The van der Waals surface area contributed by atoms with E-state index in [9.17, 15) is 0 Å². The van der Waals surface area contributed by atoms with Gasteiger partial charge in [0.05, 0.1) is 0 Å². The molecule has 78 valence electrons. The van der Waals surface area contributed by atoms with Gasteiger partial charge < -0.3 is 5.32 Å². The first-order chi connectivity index (χ1) is 6.83. The molecule has 0 fully saturated rings. The quantitative estimate of drug-likeness (QED) is 0.323. The van der Waals surface area contributed by atoms with E-state index in [-0.39, 0.29) is 0 Å². The highest BCUT2D eigenvalue weighted by Gasteiger charge is 2.05. The summed E-state index contributed by atoms with van der Waals surface area (Å²) in [5.74, 6) is 0.567. The molecule has 0 saturated heterocycles. The molecule has 0 aromatic carbocycles. The molecule has 0 aliphatic heterocycles. The number of hydrogen-bond acceptors (Lipinski definition) is 2. The van der Waals surface area contributed by atoms with Gasteiger partial charge >= 0.3 is 0 Å². The van der Waals surface area contributed by atoms with Crippen molar-refractivity contribution in [3.63, 3.8) is 0 Å². The van der Waals surface area contributed by atoms with Gasteiger partial charge in [0.1, 0.15) is 0 Å². The number of rotatable bonds is 3. The van der Waals surface area contributed by atoms with Crippen molar-refractivity contribution in [3.05, 3.63) is 12.2 Å². The highest BCUT2D eigenvalue weighted by atomic mass is 32.1. The number of thiocarbonyl (C=S) groups is 1. The highest BCUT2D eigenvalue weighted by molar-refractivity contribution is 7.80. The zero-order valence-corrected chi connectivity index (χ0v) is 9.31. The second kappa shape index (κ2) is 6.54. The van der Waals surface area contributed by atoms with E-state index in [1.165, 1.54) is 6.42 Å². The Balaban J connectivity index is 2.19. The van der Waals surface area contributed by atoms with Crippen LogP contribution in [-0.4, -0.2) is 17.9 Å². The van der Waals surface area contributed by atoms with Crippen molar-refractivity contribution >= 4 is 23.5 Å². The Hall–Kier alpha value is -0.900. The number of hydrogen-bond donors (Lipinski definition) is 2. The second-order valence-corrected chi connectivity index (χ2v) is 3.70. The van der Waals surface area contributed by atoms with Gasteiger partial charge in [0.15, 0.2) is 5.11 Å². The number of allylic oxidation sites excluding steroid dienone is 2. The largest absolute Gasteiger partial charge is 0.362 e. The molecule has 4 heteroatoms. The first kappa shape index (κ1) is 11.2. The van der Waals surface area contributed by atoms with Crippen molar-refractivity contribution in [3.8, 4) is 0 Å². The molecular formula is C10H17N3S. The Kier molecular flexibility index (Phi) is 5.22. The predicted molar refractivity (Wildman–Crippen MR) is 64.4 cm³/mol. The van der Waals surface area contributed by atoms with Gasteiger partial charge in [-0.15, -0.1) is 0 Å². The smallest absolute Gasteiger partial charge is 0.186 e. The van der Waals surface area contributed by atoms with Crippen LogP contribution in [0.4, 0.5) is 0 Å². The molecule has 0 bridgehead atoms. The average molecular weight is 211 g/mol. The third-order valence-electron chi connectivity index (χ3n) is 2.10. The van der Waals surface area contributed by atoms with Gasteiger partial charge in [0.2, 0.25) is 0 Å². The van der Waals surface area contributed by atoms with Gasteiger partial charge in [-0.05, 0) is 44.3 Å². The van der Waals surface area contributed by atoms with Crippen LogP contribution in [0.15, 0.2) is 17.3 Å². The van der Waals surface area contributed by atoms with E-state index in [1.807, 2.05) is 13.1 Å². The average Bonchev–Trinajstić information content (AvgIpc) is 2.20. The zero-order chi connectivity index (χ0) is 10.2. The monoisotopic (exact) mass is 211 g/mol. The van der Waals surface area contributed by atoms with Crippen molar-refractivity contribution in [1.29, 1.82) is 0 Å². The third-order valence-corrected chi connectivity index (χ3v) is 2.33. The fraction of sp³-hybridized carbons (Fsp3) is 0.600. The number of hydrazone groups is 1. The minimum atomic E-state index is 0.567. The Morgan fingerprint density at radius 3 is 3.14 bits per heavy atom. The van der Waals surface area contributed by atoms with Crippen LogP contribution < -0.4 is 10.7 Å². The SMILES string of the molecule is CCNC(=S)NN=C[C@H]1CC=CCC1. The lowest BCUT2D eigenvalue weighted by Crippen LogP contribution is -2.31. The van der Waals surface area contributed by atoms with E-state index in [2.05, 4.69) is 28.0 Å². The molecular weight excluding hydrogens is 194 g/mol. The van der Waals surface area contributed by atoms with Crippen LogP contribution in [0.5, 0.6) is 0 Å². The van der Waals surface area contributed by atoms with Crippen LogP contribution in [0, 0.1) is 5.92 Å². The summed E-state index contributed by atoms with van der Waals surface area (Å²) in [6.07, 6.45) is 9.83. The molecule has 14 heavy (non-hydrogen) atoms. The molecule has 0 unspecified atom stereocenters. The van der Waals surface area contributed by atoms with Gasteiger partial charge in [-0.3, -0.25) is 5.43 Å². The lowest BCUT2D eigenvalue weighted by atomic mass is 9.96. The maximum absolute atomic E-state index is 4.97. The van der Waals surface area contributed by atoms with E-state index in [0.29, 0.717) is 11.0 Å². The summed E-state index contributed by atoms with van der Waals surface area (Å²) in [4.78, 5) is 0. The lowest BCUT2D eigenvalue weighted by Gasteiger charge is -2.12. The first-order valence-electron chi connectivity index (χ1n) is 5.05. The summed E-state index contributed by atoms with van der Waals surface area (Å²) in [5.41, 5.74) is 2.80. The van der Waals surface area contributed by atoms with E-state index < -0.39 is 0 Å². The van der Waals surface area contributed by atoms with Crippen molar-refractivity contribution in [2.45, 2.75) is 26.2 Å². The van der Waals surface area contributed by atoms with Crippen molar-refractivity contribution in [1.82, 2.24) is 10.7 Å². The molecule has 0 saturated carbocycles. The Labute approximate surface area is 90.7 Å². The predicted octanol–water partition coefficient (Wildman–Crippen LogP) is 1.81. The molecule has 3 nitrogen and oxygen atoms in total. The van der Waals surface area contributed by atoms with E-state index in [0.717, 1.165) is 19.4 Å². The Morgan fingerprint density at radius 2 is 2.50 bits per heavy atom.